The van der Waals surface area contributed by atoms with E-state index in [0.29, 0.717) is 22.3 Å². The summed E-state index contributed by atoms with van der Waals surface area (Å²) < 4.78 is 10.8. The molecule has 2 aromatic carbocycles. The number of para-hydroxylation sites is 1. The van der Waals surface area contributed by atoms with E-state index in [0.717, 1.165) is 5.56 Å². The van der Waals surface area contributed by atoms with Crippen LogP contribution in [0.3, 0.4) is 0 Å². The Bertz CT molecular complexity index is 925. The number of carbonyl (C=O) groups is 1. The van der Waals surface area contributed by atoms with Crippen molar-refractivity contribution in [3.8, 4) is 5.75 Å². The van der Waals surface area contributed by atoms with E-state index >= 15 is 0 Å². The Balaban J connectivity index is 2.04. The normalized spacial score (nSPS) is 17.1. The molecule has 2 heterocycles. The second kappa shape index (κ2) is 4.84. The third-order valence-electron chi connectivity index (χ3n) is 3.94. The van der Waals surface area contributed by atoms with Crippen LogP contribution in [0, 0.1) is 0 Å². The average Bonchev–Trinajstić information content (AvgIpc) is 2.55. The van der Waals surface area contributed by atoms with Gasteiger partial charge in [0.2, 0.25) is 0 Å². The lowest BCUT2D eigenvalue weighted by molar-refractivity contribution is -0.135. The van der Waals surface area contributed by atoms with Crippen LogP contribution in [0.5, 0.6) is 5.75 Å². The molecule has 0 amide bonds. The first-order valence-corrected chi connectivity index (χ1v) is 7.05. The van der Waals surface area contributed by atoms with E-state index in [2.05, 4.69) is 0 Å². The van der Waals surface area contributed by atoms with Gasteiger partial charge >= 0.3 is 11.6 Å². The van der Waals surface area contributed by atoms with E-state index in [1.807, 2.05) is 36.4 Å². The molecule has 22 heavy (non-hydrogen) atoms. The quantitative estimate of drug-likeness (QED) is 0.510. The molecular formula is C18H12O4. The van der Waals surface area contributed by atoms with Crippen LogP contribution in [0.1, 0.15) is 23.5 Å². The SMILES string of the molecule is O=C1C[C@@H](c2ccccc2)c2c(c3ccccc3oc2=O)O1. The molecule has 0 radical (unpaired) electrons. The van der Waals surface area contributed by atoms with Gasteiger partial charge in [-0.15, -0.1) is 0 Å². The predicted octanol–water partition coefficient (Wildman–Crippen LogP) is 3.23. The minimum Gasteiger partial charge on any atom is -0.425 e. The largest absolute Gasteiger partial charge is 0.425 e. The molecule has 108 valence electrons. The van der Waals surface area contributed by atoms with Gasteiger partial charge in [0, 0.05) is 5.92 Å². The Labute approximate surface area is 126 Å². The molecule has 0 saturated heterocycles. The molecule has 0 aliphatic carbocycles. The Kier molecular flexibility index (Phi) is 2.82. The van der Waals surface area contributed by atoms with Crippen molar-refractivity contribution in [3.63, 3.8) is 0 Å². The van der Waals surface area contributed by atoms with Crippen molar-refractivity contribution in [2.75, 3.05) is 0 Å². The van der Waals surface area contributed by atoms with Crippen LogP contribution < -0.4 is 10.4 Å². The summed E-state index contributed by atoms with van der Waals surface area (Å²) in [7, 11) is 0. The van der Waals surface area contributed by atoms with E-state index in [9.17, 15) is 9.59 Å². The highest BCUT2D eigenvalue weighted by Gasteiger charge is 2.33. The molecule has 4 rings (SSSR count). The molecule has 1 aliphatic rings. The Morgan fingerprint density at radius 2 is 1.64 bits per heavy atom. The summed E-state index contributed by atoms with van der Waals surface area (Å²) in [6, 6.07) is 16.6. The monoisotopic (exact) mass is 292 g/mol. The first-order valence-electron chi connectivity index (χ1n) is 7.05. The first-order chi connectivity index (χ1) is 10.7. The van der Waals surface area contributed by atoms with Crippen molar-refractivity contribution < 1.29 is 13.9 Å². The summed E-state index contributed by atoms with van der Waals surface area (Å²) in [6.45, 7) is 0. The predicted molar refractivity (Wildman–Crippen MR) is 81.0 cm³/mol. The molecule has 1 atom stereocenters. The zero-order chi connectivity index (χ0) is 15.1. The molecule has 0 spiro atoms. The number of rotatable bonds is 1. The zero-order valence-electron chi connectivity index (χ0n) is 11.6. The lowest BCUT2D eigenvalue weighted by Crippen LogP contribution is -2.26. The van der Waals surface area contributed by atoms with E-state index < -0.39 is 5.63 Å². The lowest BCUT2D eigenvalue weighted by atomic mass is 9.87. The van der Waals surface area contributed by atoms with E-state index in [1.54, 1.807) is 18.2 Å². The van der Waals surface area contributed by atoms with Crippen LogP contribution in [-0.2, 0) is 4.79 Å². The Hall–Kier alpha value is -2.88. The second-order valence-electron chi connectivity index (χ2n) is 5.27. The third-order valence-corrected chi connectivity index (χ3v) is 3.94. The Morgan fingerprint density at radius 1 is 0.909 bits per heavy atom. The van der Waals surface area contributed by atoms with Gasteiger partial charge in [0.25, 0.3) is 0 Å². The molecule has 0 N–H and O–H groups in total. The van der Waals surface area contributed by atoms with Crippen LogP contribution in [0.15, 0.2) is 63.8 Å². The fourth-order valence-corrected chi connectivity index (χ4v) is 2.94. The maximum Gasteiger partial charge on any atom is 0.343 e. The number of hydrogen-bond acceptors (Lipinski definition) is 4. The van der Waals surface area contributed by atoms with Gasteiger partial charge in [-0.1, -0.05) is 42.5 Å². The number of carbonyl (C=O) groups excluding carboxylic acids is 1. The molecule has 1 aromatic heterocycles. The summed E-state index contributed by atoms with van der Waals surface area (Å²) in [5.74, 6) is -0.340. The molecular weight excluding hydrogens is 280 g/mol. The highest BCUT2D eigenvalue weighted by molar-refractivity contribution is 5.90. The van der Waals surface area contributed by atoms with Crippen molar-refractivity contribution in [1.82, 2.24) is 0 Å². The summed E-state index contributed by atoms with van der Waals surface area (Å²) >= 11 is 0. The minimum absolute atomic E-state index is 0.139. The maximum atomic E-state index is 12.4. The summed E-state index contributed by atoms with van der Waals surface area (Å²) in [6.07, 6.45) is 0.139. The zero-order valence-corrected chi connectivity index (χ0v) is 11.6. The number of esters is 1. The fraction of sp³-hybridized carbons (Fsp3) is 0.111. The topological polar surface area (TPSA) is 56.5 Å². The van der Waals surface area contributed by atoms with Crippen molar-refractivity contribution in [2.45, 2.75) is 12.3 Å². The van der Waals surface area contributed by atoms with Crippen LogP contribution in [0.4, 0.5) is 0 Å². The van der Waals surface area contributed by atoms with E-state index in [-0.39, 0.29) is 18.3 Å². The van der Waals surface area contributed by atoms with Crippen molar-refractivity contribution in [2.24, 2.45) is 0 Å². The molecule has 0 bridgehead atoms. The highest BCUT2D eigenvalue weighted by atomic mass is 16.5. The van der Waals surface area contributed by atoms with Crippen molar-refractivity contribution in [3.05, 3.63) is 76.1 Å². The smallest absolute Gasteiger partial charge is 0.343 e. The lowest BCUT2D eigenvalue weighted by Gasteiger charge is -2.24. The molecule has 0 fully saturated rings. The van der Waals surface area contributed by atoms with Gasteiger partial charge < -0.3 is 9.15 Å². The van der Waals surface area contributed by atoms with E-state index in [1.165, 1.54) is 0 Å². The molecule has 3 aromatic rings. The fourth-order valence-electron chi connectivity index (χ4n) is 2.94. The summed E-state index contributed by atoms with van der Waals surface area (Å²) in [5.41, 5.74) is 1.30. The minimum atomic E-state index is -0.449. The molecule has 0 unspecified atom stereocenters. The van der Waals surface area contributed by atoms with Crippen molar-refractivity contribution >= 4 is 16.9 Å². The van der Waals surface area contributed by atoms with Gasteiger partial charge in [0.1, 0.15) is 5.58 Å². The highest BCUT2D eigenvalue weighted by Crippen LogP contribution is 2.40. The first kappa shape index (κ1) is 12.8. The van der Waals surface area contributed by atoms with Crippen LogP contribution in [0.25, 0.3) is 11.0 Å². The van der Waals surface area contributed by atoms with Crippen LogP contribution >= 0.6 is 0 Å². The van der Waals surface area contributed by atoms with Gasteiger partial charge in [-0.3, -0.25) is 4.79 Å². The number of benzene rings is 2. The standard InChI is InChI=1S/C18H12O4/c19-15-10-13(11-6-2-1-3-7-11)16-17(22-15)12-8-4-5-9-14(12)21-18(16)20/h1-9,13H,10H2/t13-/m0/s1. The Morgan fingerprint density at radius 3 is 2.45 bits per heavy atom. The van der Waals surface area contributed by atoms with Gasteiger partial charge in [-0.05, 0) is 17.7 Å². The molecule has 4 nitrogen and oxygen atoms in total. The summed E-state index contributed by atoms with van der Waals surface area (Å²) in [5, 5.41) is 0.645. The summed E-state index contributed by atoms with van der Waals surface area (Å²) in [4.78, 5) is 24.4. The third kappa shape index (κ3) is 1.92. The molecule has 4 heteroatoms. The van der Waals surface area contributed by atoms with Crippen LogP contribution in [-0.4, -0.2) is 5.97 Å². The van der Waals surface area contributed by atoms with Gasteiger partial charge in [0.15, 0.2) is 5.75 Å². The maximum absolute atomic E-state index is 12.4. The molecule has 1 aliphatic heterocycles. The van der Waals surface area contributed by atoms with E-state index in [4.69, 9.17) is 9.15 Å². The average molecular weight is 292 g/mol. The second-order valence-corrected chi connectivity index (χ2v) is 5.27. The molecule has 0 saturated carbocycles. The number of ether oxygens (including phenoxy) is 1. The number of hydrogen-bond donors (Lipinski definition) is 0. The van der Waals surface area contributed by atoms with Crippen molar-refractivity contribution in [1.29, 1.82) is 0 Å². The van der Waals surface area contributed by atoms with Crippen LogP contribution in [0.2, 0.25) is 0 Å². The number of fused-ring (bicyclic) bond motifs is 3. The van der Waals surface area contributed by atoms with Gasteiger partial charge in [-0.2, -0.15) is 0 Å². The van der Waals surface area contributed by atoms with Gasteiger partial charge in [0.05, 0.1) is 17.4 Å². The van der Waals surface area contributed by atoms with Gasteiger partial charge in [-0.25, -0.2) is 4.79 Å².